The second-order valence-corrected chi connectivity index (χ2v) is 7.51. The molecule has 0 saturated carbocycles. The predicted octanol–water partition coefficient (Wildman–Crippen LogP) is 3.37. The van der Waals surface area contributed by atoms with Gasteiger partial charge in [0, 0.05) is 70.5 Å². The van der Waals surface area contributed by atoms with E-state index < -0.39 is 0 Å². The van der Waals surface area contributed by atoms with Crippen LogP contribution in [-0.2, 0) is 9.47 Å². The van der Waals surface area contributed by atoms with Gasteiger partial charge in [-0.3, -0.25) is 4.79 Å². The third-order valence-electron chi connectivity index (χ3n) is 4.75. The number of rotatable bonds is 16. The zero-order chi connectivity index (χ0) is 22.4. The van der Waals surface area contributed by atoms with Crippen LogP contribution in [0.25, 0.3) is 0 Å². The van der Waals surface area contributed by atoms with Gasteiger partial charge < -0.3 is 29.2 Å². The molecule has 0 unspecified atom stereocenters. The molecule has 0 saturated heterocycles. The average molecular weight is 425 g/mol. The van der Waals surface area contributed by atoms with E-state index in [1.165, 1.54) is 0 Å². The van der Waals surface area contributed by atoms with Crippen molar-refractivity contribution >= 4 is 5.91 Å². The SMILES string of the molecule is CC[C@H](CNC)N(C(=O)c1cc(OCCCOC)cc(OCCCOC)c1)C(C)C. The number of likely N-dealkylation sites (N-methyl/N-ethyl adjacent to an activating group) is 1. The average Bonchev–Trinajstić information content (AvgIpc) is 2.73. The fourth-order valence-electron chi connectivity index (χ4n) is 3.29. The van der Waals surface area contributed by atoms with Gasteiger partial charge in [-0.1, -0.05) is 6.92 Å². The Morgan fingerprint density at radius 2 is 1.50 bits per heavy atom. The zero-order valence-corrected chi connectivity index (χ0v) is 19.5. The Bertz CT molecular complexity index is 579. The molecule has 0 aliphatic heterocycles. The van der Waals surface area contributed by atoms with Crippen molar-refractivity contribution in [3.63, 3.8) is 0 Å². The molecule has 1 aromatic carbocycles. The summed E-state index contributed by atoms with van der Waals surface area (Å²) in [6, 6.07) is 5.63. The molecule has 0 radical (unpaired) electrons. The van der Waals surface area contributed by atoms with Crippen molar-refractivity contribution in [1.29, 1.82) is 0 Å². The van der Waals surface area contributed by atoms with Crippen molar-refractivity contribution in [3.8, 4) is 11.5 Å². The number of nitrogens with one attached hydrogen (secondary N) is 1. The Morgan fingerprint density at radius 3 is 1.90 bits per heavy atom. The Morgan fingerprint density at radius 1 is 0.967 bits per heavy atom. The summed E-state index contributed by atoms with van der Waals surface area (Å²) in [5.41, 5.74) is 0.573. The van der Waals surface area contributed by atoms with Gasteiger partial charge in [0.1, 0.15) is 11.5 Å². The summed E-state index contributed by atoms with van der Waals surface area (Å²) in [6.45, 7) is 9.22. The highest BCUT2D eigenvalue weighted by Gasteiger charge is 2.26. The summed E-state index contributed by atoms with van der Waals surface area (Å²) in [5.74, 6) is 1.24. The molecule has 0 fully saturated rings. The summed E-state index contributed by atoms with van der Waals surface area (Å²) in [5, 5.41) is 3.20. The van der Waals surface area contributed by atoms with Crippen LogP contribution in [-0.4, -0.2) is 77.1 Å². The minimum atomic E-state index is -0.0174. The van der Waals surface area contributed by atoms with Gasteiger partial charge in [0.05, 0.1) is 13.2 Å². The minimum Gasteiger partial charge on any atom is -0.493 e. The van der Waals surface area contributed by atoms with E-state index in [2.05, 4.69) is 12.2 Å². The summed E-state index contributed by atoms with van der Waals surface area (Å²) in [4.78, 5) is 15.4. The molecule has 30 heavy (non-hydrogen) atoms. The first kappa shape index (κ1) is 26.2. The maximum Gasteiger partial charge on any atom is 0.254 e. The number of hydrogen-bond donors (Lipinski definition) is 1. The number of nitrogens with zero attached hydrogens (tertiary/aromatic N) is 1. The quantitative estimate of drug-likeness (QED) is 0.411. The number of methoxy groups -OCH3 is 2. The molecule has 7 heteroatoms. The number of amides is 1. The highest BCUT2D eigenvalue weighted by Crippen LogP contribution is 2.26. The van der Waals surface area contributed by atoms with E-state index in [0.717, 1.165) is 25.8 Å². The van der Waals surface area contributed by atoms with Gasteiger partial charge in [0.15, 0.2) is 0 Å². The Labute approximate surface area is 182 Å². The summed E-state index contributed by atoms with van der Waals surface area (Å²) >= 11 is 0. The van der Waals surface area contributed by atoms with E-state index >= 15 is 0 Å². The second-order valence-electron chi connectivity index (χ2n) is 7.51. The lowest BCUT2D eigenvalue weighted by Gasteiger charge is -2.35. The van der Waals surface area contributed by atoms with Crippen molar-refractivity contribution in [2.75, 3.05) is 54.2 Å². The maximum atomic E-state index is 13.5. The first-order valence-electron chi connectivity index (χ1n) is 10.8. The van der Waals surface area contributed by atoms with E-state index in [4.69, 9.17) is 18.9 Å². The molecule has 7 nitrogen and oxygen atoms in total. The Hall–Kier alpha value is -1.83. The lowest BCUT2D eigenvalue weighted by atomic mass is 10.1. The number of carbonyl (C=O) groups is 1. The predicted molar refractivity (Wildman–Crippen MR) is 120 cm³/mol. The van der Waals surface area contributed by atoms with Gasteiger partial charge in [-0.05, 0) is 39.4 Å². The molecule has 0 aliphatic carbocycles. The van der Waals surface area contributed by atoms with Crippen LogP contribution in [0.1, 0.15) is 50.4 Å². The van der Waals surface area contributed by atoms with Crippen molar-refractivity contribution < 1.29 is 23.7 Å². The largest absolute Gasteiger partial charge is 0.493 e. The summed E-state index contributed by atoms with van der Waals surface area (Å²) in [7, 11) is 5.24. The van der Waals surface area contributed by atoms with E-state index in [-0.39, 0.29) is 18.0 Å². The highest BCUT2D eigenvalue weighted by atomic mass is 16.5. The van der Waals surface area contributed by atoms with Crippen LogP contribution in [0.5, 0.6) is 11.5 Å². The minimum absolute atomic E-state index is 0.0174. The maximum absolute atomic E-state index is 13.5. The fraction of sp³-hybridized carbons (Fsp3) is 0.696. The third kappa shape index (κ3) is 8.90. The first-order chi connectivity index (χ1) is 14.5. The molecule has 0 heterocycles. The molecule has 172 valence electrons. The number of ether oxygens (including phenoxy) is 4. The number of benzene rings is 1. The molecular formula is C23H40N2O5. The van der Waals surface area contributed by atoms with E-state index in [9.17, 15) is 4.79 Å². The van der Waals surface area contributed by atoms with Crippen LogP contribution >= 0.6 is 0 Å². The fourth-order valence-corrected chi connectivity index (χ4v) is 3.29. The van der Waals surface area contributed by atoms with Crippen LogP contribution in [0.15, 0.2) is 18.2 Å². The summed E-state index contributed by atoms with van der Waals surface area (Å²) < 4.78 is 21.9. The van der Waals surface area contributed by atoms with Crippen LogP contribution in [0, 0.1) is 0 Å². The van der Waals surface area contributed by atoms with Gasteiger partial charge in [0.25, 0.3) is 5.91 Å². The van der Waals surface area contributed by atoms with Gasteiger partial charge >= 0.3 is 0 Å². The van der Waals surface area contributed by atoms with Crippen LogP contribution < -0.4 is 14.8 Å². The first-order valence-corrected chi connectivity index (χ1v) is 10.8. The third-order valence-corrected chi connectivity index (χ3v) is 4.75. The molecule has 1 N–H and O–H groups in total. The van der Waals surface area contributed by atoms with Crippen molar-refractivity contribution in [1.82, 2.24) is 10.2 Å². The lowest BCUT2D eigenvalue weighted by molar-refractivity contribution is 0.0601. The molecule has 0 aromatic heterocycles. The van der Waals surface area contributed by atoms with E-state index in [0.29, 0.717) is 43.5 Å². The number of carbonyl (C=O) groups excluding carboxylic acids is 1. The molecular weight excluding hydrogens is 384 g/mol. The van der Waals surface area contributed by atoms with Gasteiger partial charge in [-0.15, -0.1) is 0 Å². The molecule has 0 bridgehead atoms. The number of hydrogen-bond acceptors (Lipinski definition) is 6. The van der Waals surface area contributed by atoms with Crippen LogP contribution in [0.3, 0.4) is 0 Å². The van der Waals surface area contributed by atoms with E-state index in [1.807, 2.05) is 31.9 Å². The smallest absolute Gasteiger partial charge is 0.254 e. The lowest BCUT2D eigenvalue weighted by Crippen LogP contribution is -2.48. The molecule has 0 aliphatic rings. The Balaban J connectivity index is 3.10. The molecule has 1 aromatic rings. The van der Waals surface area contributed by atoms with Crippen molar-refractivity contribution in [2.45, 2.75) is 52.1 Å². The highest BCUT2D eigenvalue weighted by molar-refractivity contribution is 5.95. The normalized spacial score (nSPS) is 12.1. The van der Waals surface area contributed by atoms with E-state index in [1.54, 1.807) is 26.4 Å². The van der Waals surface area contributed by atoms with Crippen molar-refractivity contribution in [2.24, 2.45) is 0 Å². The topological polar surface area (TPSA) is 69.3 Å². The van der Waals surface area contributed by atoms with Crippen molar-refractivity contribution in [3.05, 3.63) is 23.8 Å². The Kier molecular flexibility index (Phi) is 13.1. The van der Waals surface area contributed by atoms with Gasteiger partial charge in [-0.25, -0.2) is 0 Å². The monoisotopic (exact) mass is 424 g/mol. The van der Waals surface area contributed by atoms with Crippen LogP contribution in [0.4, 0.5) is 0 Å². The standard InChI is InChI=1S/C23H40N2O5/c1-7-20(17-24-4)25(18(2)3)23(26)19-14-21(29-12-8-10-27-5)16-22(15-19)30-13-9-11-28-6/h14-16,18,20,24H,7-13,17H2,1-6H3/t20-/m1/s1. The van der Waals surface area contributed by atoms with Gasteiger partial charge in [0.2, 0.25) is 0 Å². The second kappa shape index (κ2) is 15.0. The molecule has 1 amide bonds. The zero-order valence-electron chi connectivity index (χ0n) is 19.5. The van der Waals surface area contributed by atoms with Crippen LogP contribution in [0.2, 0.25) is 0 Å². The van der Waals surface area contributed by atoms with Gasteiger partial charge in [-0.2, -0.15) is 0 Å². The molecule has 1 rings (SSSR count). The molecule has 1 atom stereocenters. The summed E-state index contributed by atoms with van der Waals surface area (Å²) in [6.07, 6.45) is 2.42. The molecule has 0 spiro atoms.